The first-order valence-corrected chi connectivity index (χ1v) is 8.01. The zero-order valence-electron chi connectivity index (χ0n) is 13.6. The molecule has 5 heteroatoms. The second kappa shape index (κ2) is 8.76. The summed E-state index contributed by atoms with van der Waals surface area (Å²) in [5, 5.41) is 3.32. The topological polar surface area (TPSA) is 50.8 Å². The summed E-state index contributed by atoms with van der Waals surface area (Å²) in [5.41, 5.74) is 0.691. The molecule has 1 fully saturated rings. The fraction of sp³-hybridized carbons (Fsp3) is 0.588. The summed E-state index contributed by atoms with van der Waals surface area (Å²) < 4.78 is 10.9. The van der Waals surface area contributed by atoms with Crippen LogP contribution in [0.3, 0.4) is 0 Å². The predicted molar refractivity (Wildman–Crippen MR) is 87.0 cm³/mol. The van der Waals surface area contributed by atoms with Crippen LogP contribution >= 0.6 is 0 Å². The third-order valence-corrected chi connectivity index (χ3v) is 3.81. The van der Waals surface area contributed by atoms with Gasteiger partial charge in [-0.1, -0.05) is 6.92 Å². The van der Waals surface area contributed by atoms with Crippen LogP contribution in [0.25, 0.3) is 0 Å². The number of ketones is 1. The van der Waals surface area contributed by atoms with E-state index in [9.17, 15) is 4.79 Å². The predicted octanol–water partition coefficient (Wildman–Crippen LogP) is 1.96. The lowest BCUT2D eigenvalue weighted by Crippen LogP contribution is -2.44. The molecular formula is C17H26N2O3. The number of hydrogen-bond acceptors (Lipinski definition) is 5. The van der Waals surface area contributed by atoms with Crippen LogP contribution in [-0.2, 0) is 0 Å². The van der Waals surface area contributed by atoms with Gasteiger partial charge in [0.05, 0.1) is 13.7 Å². The summed E-state index contributed by atoms with van der Waals surface area (Å²) in [7, 11) is 1.60. The van der Waals surface area contributed by atoms with Gasteiger partial charge in [-0.05, 0) is 24.6 Å². The SMILES string of the molecule is CCCOc1ccc(C(=O)CCN2CCNCC2)cc1OC. The number of rotatable bonds is 8. The number of carbonyl (C=O) groups is 1. The second-order valence-electron chi connectivity index (χ2n) is 5.48. The number of methoxy groups -OCH3 is 1. The molecule has 1 aromatic carbocycles. The molecule has 0 atom stereocenters. The summed E-state index contributed by atoms with van der Waals surface area (Å²) in [5.74, 6) is 1.48. The summed E-state index contributed by atoms with van der Waals surface area (Å²) >= 11 is 0. The van der Waals surface area contributed by atoms with Gasteiger partial charge in [0, 0.05) is 44.7 Å². The van der Waals surface area contributed by atoms with Crippen LogP contribution in [0.4, 0.5) is 0 Å². The summed E-state index contributed by atoms with van der Waals surface area (Å²) in [6.07, 6.45) is 1.48. The molecule has 122 valence electrons. The highest BCUT2D eigenvalue weighted by Crippen LogP contribution is 2.28. The van der Waals surface area contributed by atoms with E-state index in [1.54, 1.807) is 13.2 Å². The molecule has 0 aromatic heterocycles. The Bertz CT molecular complexity index is 485. The average molecular weight is 306 g/mol. The molecular weight excluding hydrogens is 280 g/mol. The van der Waals surface area contributed by atoms with Crippen molar-refractivity contribution < 1.29 is 14.3 Å². The highest BCUT2D eigenvalue weighted by atomic mass is 16.5. The lowest BCUT2D eigenvalue weighted by Gasteiger charge is -2.26. The van der Waals surface area contributed by atoms with Gasteiger partial charge in [-0.15, -0.1) is 0 Å². The maximum absolute atomic E-state index is 12.3. The number of piperazine rings is 1. The van der Waals surface area contributed by atoms with Crippen molar-refractivity contribution >= 4 is 5.78 Å². The fourth-order valence-electron chi connectivity index (χ4n) is 2.51. The Morgan fingerprint density at radius 2 is 2.05 bits per heavy atom. The van der Waals surface area contributed by atoms with Crippen LogP contribution in [0.15, 0.2) is 18.2 Å². The number of nitrogens with one attached hydrogen (secondary N) is 1. The van der Waals surface area contributed by atoms with Gasteiger partial charge >= 0.3 is 0 Å². The van der Waals surface area contributed by atoms with E-state index in [4.69, 9.17) is 9.47 Å². The number of nitrogens with zero attached hydrogens (tertiary/aromatic N) is 1. The van der Waals surface area contributed by atoms with Crippen molar-refractivity contribution in [2.45, 2.75) is 19.8 Å². The number of hydrogen-bond donors (Lipinski definition) is 1. The molecule has 22 heavy (non-hydrogen) atoms. The van der Waals surface area contributed by atoms with E-state index in [1.807, 2.05) is 12.1 Å². The molecule has 1 aliphatic heterocycles. The van der Waals surface area contributed by atoms with Crippen molar-refractivity contribution in [3.8, 4) is 11.5 Å². The van der Waals surface area contributed by atoms with E-state index in [0.29, 0.717) is 30.1 Å². The van der Waals surface area contributed by atoms with Crippen LogP contribution in [0, 0.1) is 0 Å². The van der Waals surface area contributed by atoms with Crippen molar-refractivity contribution in [2.24, 2.45) is 0 Å². The highest BCUT2D eigenvalue weighted by molar-refractivity contribution is 5.96. The minimum atomic E-state index is 0.152. The summed E-state index contributed by atoms with van der Waals surface area (Å²) in [6.45, 7) is 7.56. The zero-order valence-corrected chi connectivity index (χ0v) is 13.6. The summed E-state index contributed by atoms with van der Waals surface area (Å²) in [4.78, 5) is 14.7. The number of ether oxygens (including phenoxy) is 2. The van der Waals surface area contributed by atoms with E-state index in [2.05, 4.69) is 17.1 Å². The van der Waals surface area contributed by atoms with Gasteiger partial charge in [-0.2, -0.15) is 0 Å². The largest absolute Gasteiger partial charge is 0.493 e. The lowest BCUT2D eigenvalue weighted by molar-refractivity contribution is 0.0960. The molecule has 1 heterocycles. The molecule has 0 spiro atoms. The van der Waals surface area contributed by atoms with Gasteiger partial charge in [-0.3, -0.25) is 4.79 Å². The first kappa shape index (κ1) is 16.8. The molecule has 1 N–H and O–H groups in total. The molecule has 0 radical (unpaired) electrons. The minimum Gasteiger partial charge on any atom is -0.493 e. The van der Waals surface area contributed by atoms with E-state index >= 15 is 0 Å². The minimum absolute atomic E-state index is 0.152. The normalized spacial score (nSPS) is 15.5. The third kappa shape index (κ3) is 4.71. The van der Waals surface area contributed by atoms with E-state index in [0.717, 1.165) is 39.1 Å². The van der Waals surface area contributed by atoms with Crippen molar-refractivity contribution in [1.29, 1.82) is 0 Å². The molecule has 0 bridgehead atoms. The second-order valence-corrected chi connectivity index (χ2v) is 5.48. The Morgan fingerprint density at radius 3 is 2.73 bits per heavy atom. The Morgan fingerprint density at radius 1 is 1.27 bits per heavy atom. The fourth-order valence-corrected chi connectivity index (χ4v) is 2.51. The maximum Gasteiger partial charge on any atom is 0.164 e. The van der Waals surface area contributed by atoms with Gasteiger partial charge in [0.15, 0.2) is 17.3 Å². The van der Waals surface area contributed by atoms with Crippen molar-refractivity contribution in [3.05, 3.63) is 23.8 Å². The standard InChI is InChI=1S/C17H26N2O3/c1-3-12-22-16-5-4-14(13-17(16)21-2)15(20)6-9-19-10-7-18-8-11-19/h4-5,13,18H,3,6-12H2,1-2H3. The van der Waals surface area contributed by atoms with Crippen LogP contribution < -0.4 is 14.8 Å². The van der Waals surface area contributed by atoms with Gasteiger partial charge < -0.3 is 19.7 Å². The van der Waals surface area contributed by atoms with Crippen LogP contribution in [-0.4, -0.2) is 57.1 Å². The summed E-state index contributed by atoms with van der Waals surface area (Å²) in [6, 6.07) is 5.44. The molecule has 1 saturated heterocycles. The monoisotopic (exact) mass is 306 g/mol. The first-order chi connectivity index (χ1) is 10.7. The highest BCUT2D eigenvalue weighted by Gasteiger charge is 2.14. The Kier molecular flexibility index (Phi) is 6.68. The zero-order chi connectivity index (χ0) is 15.8. The van der Waals surface area contributed by atoms with E-state index in [-0.39, 0.29) is 5.78 Å². The first-order valence-electron chi connectivity index (χ1n) is 8.01. The van der Waals surface area contributed by atoms with Gasteiger partial charge in [0.25, 0.3) is 0 Å². The number of Topliss-reactive ketones (excluding diaryl/α,β-unsaturated/α-hetero) is 1. The molecule has 0 unspecified atom stereocenters. The van der Waals surface area contributed by atoms with Crippen LogP contribution in [0.2, 0.25) is 0 Å². The Balaban J connectivity index is 1.93. The van der Waals surface area contributed by atoms with Gasteiger partial charge in [0.2, 0.25) is 0 Å². The molecule has 0 aliphatic carbocycles. The Labute approximate surface area is 132 Å². The Hall–Kier alpha value is -1.59. The van der Waals surface area contributed by atoms with E-state index < -0.39 is 0 Å². The van der Waals surface area contributed by atoms with E-state index in [1.165, 1.54) is 0 Å². The number of carbonyl (C=O) groups excluding carboxylic acids is 1. The van der Waals surface area contributed by atoms with Crippen molar-refractivity contribution in [3.63, 3.8) is 0 Å². The van der Waals surface area contributed by atoms with Crippen LogP contribution in [0.5, 0.6) is 11.5 Å². The number of benzene rings is 1. The average Bonchev–Trinajstić information content (AvgIpc) is 2.58. The molecule has 5 nitrogen and oxygen atoms in total. The lowest BCUT2D eigenvalue weighted by atomic mass is 10.1. The third-order valence-electron chi connectivity index (χ3n) is 3.81. The molecule has 2 rings (SSSR count). The molecule has 0 amide bonds. The maximum atomic E-state index is 12.3. The van der Waals surface area contributed by atoms with Gasteiger partial charge in [0.1, 0.15) is 0 Å². The molecule has 1 aromatic rings. The van der Waals surface area contributed by atoms with Crippen molar-refractivity contribution in [1.82, 2.24) is 10.2 Å². The molecule has 1 aliphatic rings. The molecule has 0 saturated carbocycles. The smallest absolute Gasteiger partial charge is 0.164 e. The van der Waals surface area contributed by atoms with Gasteiger partial charge in [-0.25, -0.2) is 0 Å². The van der Waals surface area contributed by atoms with Crippen LogP contribution in [0.1, 0.15) is 30.1 Å². The quantitative estimate of drug-likeness (QED) is 0.744. The van der Waals surface area contributed by atoms with Crippen molar-refractivity contribution in [2.75, 3.05) is 46.4 Å².